The number of hydrogen-bond donors (Lipinski definition) is 1. The van der Waals surface area contributed by atoms with Crippen LogP contribution in [0, 0.1) is 10.1 Å². The van der Waals surface area contributed by atoms with E-state index in [9.17, 15) is 14.9 Å². The number of nitro benzene ring substituents is 1. The van der Waals surface area contributed by atoms with Crippen LogP contribution in [0.5, 0.6) is 0 Å². The molecule has 1 aromatic carbocycles. The van der Waals surface area contributed by atoms with Gasteiger partial charge in [0.15, 0.2) is 0 Å². The van der Waals surface area contributed by atoms with Gasteiger partial charge in [-0.2, -0.15) is 0 Å². The van der Waals surface area contributed by atoms with Gasteiger partial charge in [0.2, 0.25) is 5.91 Å². The fourth-order valence-corrected chi connectivity index (χ4v) is 4.34. The molecule has 1 aliphatic carbocycles. The van der Waals surface area contributed by atoms with Crippen molar-refractivity contribution in [3.63, 3.8) is 0 Å². The molecular weight excluding hydrogens is 384 g/mol. The van der Waals surface area contributed by atoms with Gasteiger partial charge < -0.3 is 15.5 Å². The van der Waals surface area contributed by atoms with Gasteiger partial charge in [-0.05, 0) is 30.7 Å². The number of aromatic nitrogens is 2. The summed E-state index contributed by atoms with van der Waals surface area (Å²) in [4.78, 5) is 36.2. The number of nitrogens with zero attached hydrogens (tertiary/aromatic N) is 5. The predicted octanol–water partition coefficient (Wildman–Crippen LogP) is 1.65. The molecule has 1 aliphatic heterocycles. The van der Waals surface area contributed by atoms with Crippen molar-refractivity contribution in [1.82, 2.24) is 14.9 Å². The fraction of sp³-hybridized carbons (Fsp3) is 0.476. The normalized spacial score (nSPS) is 19.5. The van der Waals surface area contributed by atoms with E-state index in [-0.39, 0.29) is 11.6 Å². The van der Waals surface area contributed by atoms with E-state index in [1.54, 1.807) is 23.4 Å². The van der Waals surface area contributed by atoms with E-state index in [0.717, 1.165) is 29.9 Å². The van der Waals surface area contributed by atoms with Crippen molar-refractivity contribution in [3.8, 4) is 0 Å². The van der Waals surface area contributed by atoms with E-state index in [2.05, 4.69) is 21.8 Å². The number of amides is 1. The van der Waals surface area contributed by atoms with Crippen LogP contribution < -0.4 is 10.6 Å². The van der Waals surface area contributed by atoms with Crippen LogP contribution in [0.4, 0.5) is 11.5 Å². The minimum absolute atomic E-state index is 0.0281. The molecule has 0 saturated carbocycles. The smallest absolute Gasteiger partial charge is 0.269 e. The number of hydrogen-bond acceptors (Lipinski definition) is 7. The summed E-state index contributed by atoms with van der Waals surface area (Å²) >= 11 is 0. The maximum Gasteiger partial charge on any atom is 0.269 e. The minimum atomic E-state index is -0.665. The molecule has 2 atom stereocenters. The highest BCUT2D eigenvalue weighted by atomic mass is 16.6. The van der Waals surface area contributed by atoms with Gasteiger partial charge in [-0.25, -0.2) is 9.97 Å². The number of rotatable bonds is 5. The van der Waals surface area contributed by atoms with Crippen molar-refractivity contribution in [2.45, 2.75) is 38.1 Å². The quantitative estimate of drug-likeness (QED) is 0.588. The number of aryl methyl sites for hydroxylation is 1. The third kappa shape index (κ3) is 3.97. The molecule has 1 fully saturated rings. The zero-order chi connectivity index (χ0) is 21.3. The Morgan fingerprint density at radius 2 is 1.93 bits per heavy atom. The van der Waals surface area contributed by atoms with Gasteiger partial charge in [0.25, 0.3) is 5.69 Å². The first-order valence-corrected chi connectivity index (χ1v) is 10.3. The van der Waals surface area contributed by atoms with Gasteiger partial charge in [0, 0.05) is 49.6 Å². The molecule has 30 heavy (non-hydrogen) atoms. The zero-order valence-electron chi connectivity index (χ0n) is 17.0. The number of nitrogens with two attached hydrogens (primary N) is 1. The molecule has 2 heterocycles. The van der Waals surface area contributed by atoms with E-state index < -0.39 is 11.0 Å². The third-order valence-corrected chi connectivity index (χ3v) is 6.06. The molecule has 2 unspecified atom stereocenters. The van der Waals surface area contributed by atoms with E-state index in [0.29, 0.717) is 38.5 Å². The Bertz CT molecular complexity index is 940. The lowest BCUT2D eigenvalue weighted by Gasteiger charge is -2.37. The number of piperazine rings is 1. The summed E-state index contributed by atoms with van der Waals surface area (Å²) in [6.07, 6.45) is 4.11. The largest absolute Gasteiger partial charge is 0.353 e. The predicted molar refractivity (Wildman–Crippen MR) is 112 cm³/mol. The minimum Gasteiger partial charge on any atom is -0.353 e. The molecule has 1 aromatic heterocycles. The monoisotopic (exact) mass is 410 g/mol. The first kappa shape index (κ1) is 20.2. The van der Waals surface area contributed by atoms with Crippen molar-refractivity contribution in [3.05, 3.63) is 57.5 Å². The Kier molecular flexibility index (Phi) is 5.63. The van der Waals surface area contributed by atoms with Crippen LogP contribution in [0.25, 0.3) is 0 Å². The SMILES string of the molecule is CC1CCc2ncnc(N3CCN(C(=O)C(N)Cc4ccc([N+](=O)[O-])cc4)CC3)c21. The van der Waals surface area contributed by atoms with Crippen LogP contribution >= 0.6 is 0 Å². The molecule has 1 saturated heterocycles. The number of benzene rings is 1. The lowest BCUT2D eigenvalue weighted by molar-refractivity contribution is -0.384. The third-order valence-electron chi connectivity index (χ3n) is 6.06. The van der Waals surface area contributed by atoms with Crippen molar-refractivity contribution in [2.24, 2.45) is 5.73 Å². The summed E-state index contributed by atoms with van der Waals surface area (Å²) < 4.78 is 0. The molecule has 9 heteroatoms. The van der Waals surface area contributed by atoms with Gasteiger partial charge >= 0.3 is 0 Å². The van der Waals surface area contributed by atoms with Crippen LogP contribution in [0.15, 0.2) is 30.6 Å². The lowest BCUT2D eigenvalue weighted by atomic mass is 10.0. The molecule has 0 radical (unpaired) electrons. The molecule has 4 rings (SSSR count). The first-order valence-electron chi connectivity index (χ1n) is 10.3. The van der Waals surface area contributed by atoms with Crippen molar-refractivity contribution in [1.29, 1.82) is 0 Å². The number of nitro groups is 1. The summed E-state index contributed by atoms with van der Waals surface area (Å²) in [7, 11) is 0. The summed E-state index contributed by atoms with van der Waals surface area (Å²) in [5, 5.41) is 10.8. The second-order valence-electron chi connectivity index (χ2n) is 8.04. The standard InChI is InChI=1S/C21H26N6O3/c1-14-2-7-18-19(14)20(24-13-23-18)25-8-10-26(11-9-25)21(28)17(22)12-15-3-5-16(6-4-15)27(29)30/h3-6,13-14,17H,2,7-12,22H2,1H3. The van der Waals surface area contributed by atoms with E-state index in [1.165, 1.54) is 17.7 Å². The Morgan fingerprint density at radius 3 is 2.60 bits per heavy atom. The van der Waals surface area contributed by atoms with Crippen molar-refractivity contribution >= 4 is 17.4 Å². The van der Waals surface area contributed by atoms with Gasteiger partial charge in [-0.3, -0.25) is 14.9 Å². The molecule has 0 spiro atoms. The summed E-state index contributed by atoms with van der Waals surface area (Å²) in [6, 6.07) is 5.51. The summed E-state index contributed by atoms with van der Waals surface area (Å²) in [6.45, 7) is 4.84. The molecule has 9 nitrogen and oxygen atoms in total. The summed E-state index contributed by atoms with van der Waals surface area (Å²) in [5.74, 6) is 1.38. The highest BCUT2D eigenvalue weighted by molar-refractivity contribution is 5.82. The summed E-state index contributed by atoms with van der Waals surface area (Å²) in [5.41, 5.74) is 9.40. The maximum absolute atomic E-state index is 12.8. The molecule has 2 aliphatic rings. The Hall–Kier alpha value is -3.07. The van der Waals surface area contributed by atoms with E-state index in [1.807, 2.05) is 0 Å². The maximum atomic E-state index is 12.8. The van der Waals surface area contributed by atoms with Crippen LogP contribution in [0.1, 0.15) is 36.1 Å². The zero-order valence-corrected chi connectivity index (χ0v) is 17.0. The second kappa shape index (κ2) is 8.35. The lowest BCUT2D eigenvalue weighted by Crippen LogP contribution is -2.54. The molecule has 1 amide bonds. The van der Waals surface area contributed by atoms with Gasteiger partial charge in [-0.1, -0.05) is 19.1 Å². The van der Waals surface area contributed by atoms with Gasteiger partial charge in [0.1, 0.15) is 12.1 Å². The average Bonchev–Trinajstić information content (AvgIpc) is 3.15. The Labute approximate surface area is 175 Å². The molecule has 2 N–H and O–H groups in total. The topological polar surface area (TPSA) is 118 Å². The van der Waals surface area contributed by atoms with Gasteiger partial charge in [0.05, 0.1) is 11.0 Å². The van der Waals surface area contributed by atoms with Crippen LogP contribution in [0.2, 0.25) is 0 Å². The number of carbonyl (C=O) groups excluding carboxylic acids is 1. The first-order chi connectivity index (χ1) is 14.4. The van der Waals surface area contributed by atoms with Crippen LogP contribution in [-0.4, -0.2) is 57.9 Å². The highest BCUT2D eigenvalue weighted by Crippen LogP contribution is 2.37. The molecular formula is C21H26N6O3. The van der Waals surface area contributed by atoms with Crippen molar-refractivity contribution < 1.29 is 9.72 Å². The van der Waals surface area contributed by atoms with Crippen LogP contribution in [0.3, 0.4) is 0 Å². The molecule has 2 aromatic rings. The van der Waals surface area contributed by atoms with Crippen molar-refractivity contribution in [2.75, 3.05) is 31.1 Å². The highest BCUT2D eigenvalue weighted by Gasteiger charge is 2.30. The van der Waals surface area contributed by atoms with Crippen LogP contribution in [-0.2, 0) is 17.6 Å². The average molecular weight is 410 g/mol. The number of non-ortho nitro benzene ring substituents is 1. The van der Waals surface area contributed by atoms with E-state index >= 15 is 0 Å². The van der Waals surface area contributed by atoms with Gasteiger partial charge in [-0.15, -0.1) is 0 Å². The van der Waals surface area contributed by atoms with E-state index in [4.69, 9.17) is 5.73 Å². The Balaban J connectivity index is 1.35. The Morgan fingerprint density at radius 1 is 1.23 bits per heavy atom. The molecule has 158 valence electrons. The second-order valence-corrected chi connectivity index (χ2v) is 8.04. The molecule has 0 bridgehead atoms. The number of fused-ring (bicyclic) bond motifs is 1. The number of carbonyl (C=O) groups is 1. The fourth-order valence-electron chi connectivity index (χ4n) is 4.34. The number of anilines is 1.